The van der Waals surface area contributed by atoms with Crippen molar-refractivity contribution in [2.75, 3.05) is 19.6 Å². The van der Waals surface area contributed by atoms with E-state index in [4.69, 9.17) is 11.5 Å². The number of nitrogens with two attached hydrogens (primary N) is 2. The zero-order valence-electron chi connectivity index (χ0n) is 9.45. The van der Waals surface area contributed by atoms with Crippen molar-refractivity contribution >= 4 is 11.9 Å². The van der Waals surface area contributed by atoms with Gasteiger partial charge in [0.15, 0.2) is 0 Å². The van der Waals surface area contributed by atoms with E-state index in [-0.39, 0.29) is 12.5 Å². The quantitative estimate of drug-likeness (QED) is 0.564. The summed E-state index contributed by atoms with van der Waals surface area (Å²) in [5.41, 5.74) is 10.3. The number of hydrogen-bond acceptors (Lipinski definition) is 4. The molecule has 0 unspecified atom stereocenters. The molecule has 6 heteroatoms. The van der Waals surface area contributed by atoms with Gasteiger partial charge in [0.25, 0.3) is 0 Å². The molecule has 0 spiro atoms. The first-order valence-corrected chi connectivity index (χ1v) is 5.67. The van der Waals surface area contributed by atoms with Gasteiger partial charge >= 0.3 is 6.03 Å². The van der Waals surface area contributed by atoms with Crippen LogP contribution in [-0.4, -0.2) is 42.5 Å². The molecule has 0 aromatic carbocycles. The van der Waals surface area contributed by atoms with E-state index in [0.717, 1.165) is 25.8 Å². The highest BCUT2D eigenvalue weighted by Gasteiger charge is 2.26. The van der Waals surface area contributed by atoms with E-state index in [2.05, 4.69) is 10.2 Å². The lowest BCUT2D eigenvalue weighted by Gasteiger charge is -2.37. The zero-order chi connectivity index (χ0) is 12.0. The molecule has 1 aliphatic rings. The van der Waals surface area contributed by atoms with Gasteiger partial charge in [0, 0.05) is 12.6 Å². The van der Waals surface area contributed by atoms with Crippen LogP contribution in [-0.2, 0) is 4.79 Å². The monoisotopic (exact) mass is 228 g/mol. The largest absolute Gasteiger partial charge is 0.351 e. The summed E-state index contributed by atoms with van der Waals surface area (Å²) in [6.45, 7) is 1.64. The van der Waals surface area contributed by atoms with Gasteiger partial charge in [0.2, 0.25) is 5.91 Å². The van der Waals surface area contributed by atoms with Crippen LogP contribution in [0.5, 0.6) is 0 Å². The first-order chi connectivity index (χ1) is 7.63. The lowest BCUT2D eigenvalue weighted by molar-refractivity contribution is -0.122. The Labute approximate surface area is 95.3 Å². The van der Waals surface area contributed by atoms with Crippen LogP contribution < -0.4 is 16.8 Å². The van der Waals surface area contributed by atoms with Crippen molar-refractivity contribution < 1.29 is 9.59 Å². The molecular weight excluding hydrogens is 208 g/mol. The summed E-state index contributed by atoms with van der Waals surface area (Å²) < 4.78 is 0. The molecule has 1 fully saturated rings. The Balaban J connectivity index is 2.36. The summed E-state index contributed by atoms with van der Waals surface area (Å²) in [6.07, 6.45) is 4.31. The molecule has 0 saturated heterocycles. The number of nitrogens with one attached hydrogen (secondary N) is 1. The molecule has 0 radical (unpaired) electrons. The second-order valence-electron chi connectivity index (χ2n) is 4.11. The highest BCUT2D eigenvalue weighted by molar-refractivity contribution is 5.94. The van der Waals surface area contributed by atoms with Crippen LogP contribution in [0.15, 0.2) is 0 Å². The molecule has 3 amide bonds. The molecule has 0 aromatic heterocycles. The van der Waals surface area contributed by atoms with Crippen LogP contribution in [0.1, 0.15) is 25.7 Å². The number of rotatable bonds is 6. The van der Waals surface area contributed by atoms with E-state index in [1.807, 2.05) is 0 Å². The molecule has 92 valence electrons. The van der Waals surface area contributed by atoms with Crippen molar-refractivity contribution in [3.63, 3.8) is 0 Å². The average Bonchev–Trinajstić information content (AvgIpc) is 2.09. The number of imide groups is 1. The minimum absolute atomic E-state index is 0.230. The number of hydrogen-bond donors (Lipinski definition) is 3. The topological polar surface area (TPSA) is 101 Å². The number of nitrogens with zero attached hydrogens (tertiary/aromatic N) is 1. The van der Waals surface area contributed by atoms with E-state index >= 15 is 0 Å². The van der Waals surface area contributed by atoms with Crippen molar-refractivity contribution in [3.05, 3.63) is 0 Å². The molecule has 1 aliphatic carbocycles. The molecule has 1 rings (SSSR count). The van der Waals surface area contributed by atoms with Crippen molar-refractivity contribution in [1.29, 1.82) is 0 Å². The van der Waals surface area contributed by atoms with Crippen LogP contribution >= 0.6 is 0 Å². The molecule has 0 aromatic rings. The minimum Gasteiger partial charge on any atom is -0.351 e. The van der Waals surface area contributed by atoms with Gasteiger partial charge < -0.3 is 11.5 Å². The fourth-order valence-corrected chi connectivity index (χ4v) is 1.80. The average molecular weight is 228 g/mol. The Morgan fingerprint density at radius 3 is 2.50 bits per heavy atom. The summed E-state index contributed by atoms with van der Waals surface area (Å²) in [5, 5.41) is 2.08. The number of amides is 3. The van der Waals surface area contributed by atoms with Gasteiger partial charge in [-0.1, -0.05) is 6.42 Å². The predicted molar refractivity (Wildman–Crippen MR) is 60.6 cm³/mol. The zero-order valence-corrected chi connectivity index (χ0v) is 9.45. The van der Waals surface area contributed by atoms with Crippen molar-refractivity contribution in [1.82, 2.24) is 10.2 Å². The molecule has 0 bridgehead atoms. The predicted octanol–water partition coefficient (Wildman–Crippen LogP) is -0.615. The highest BCUT2D eigenvalue weighted by atomic mass is 16.2. The van der Waals surface area contributed by atoms with Gasteiger partial charge in [-0.15, -0.1) is 0 Å². The first-order valence-electron chi connectivity index (χ1n) is 5.67. The summed E-state index contributed by atoms with van der Waals surface area (Å²) in [4.78, 5) is 24.0. The van der Waals surface area contributed by atoms with Gasteiger partial charge in [-0.25, -0.2) is 4.79 Å². The van der Waals surface area contributed by atoms with Gasteiger partial charge in [0.1, 0.15) is 0 Å². The number of carbonyl (C=O) groups is 2. The Morgan fingerprint density at radius 2 is 2.06 bits per heavy atom. The molecular formula is C10H20N4O2. The molecule has 1 saturated carbocycles. The number of primary amides is 1. The number of urea groups is 1. The minimum atomic E-state index is -0.794. The molecule has 0 atom stereocenters. The van der Waals surface area contributed by atoms with Gasteiger partial charge in [-0.05, 0) is 25.8 Å². The van der Waals surface area contributed by atoms with E-state index in [1.165, 1.54) is 6.42 Å². The van der Waals surface area contributed by atoms with Crippen LogP contribution in [0.25, 0.3) is 0 Å². The van der Waals surface area contributed by atoms with Gasteiger partial charge in [-0.2, -0.15) is 0 Å². The SMILES string of the molecule is NCCCN(CC(=O)NC(N)=O)C1CCC1. The summed E-state index contributed by atoms with van der Waals surface area (Å²) >= 11 is 0. The van der Waals surface area contributed by atoms with Crippen molar-refractivity contribution in [3.8, 4) is 0 Å². The van der Waals surface area contributed by atoms with Crippen LogP contribution in [0.3, 0.4) is 0 Å². The third-order valence-electron chi connectivity index (χ3n) is 2.85. The van der Waals surface area contributed by atoms with Gasteiger partial charge in [0.05, 0.1) is 6.54 Å². The Kier molecular flexibility index (Phi) is 5.21. The maximum atomic E-state index is 11.4. The second kappa shape index (κ2) is 6.44. The van der Waals surface area contributed by atoms with Crippen LogP contribution in [0.2, 0.25) is 0 Å². The second-order valence-corrected chi connectivity index (χ2v) is 4.11. The third kappa shape index (κ3) is 4.16. The van der Waals surface area contributed by atoms with Crippen molar-refractivity contribution in [2.45, 2.75) is 31.7 Å². The summed E-state index contributed by atoms with van der Waals surface area (Å²) in [6, 6.07) is -0.331. The van der Waals surface area contributed by atoms with E-state index in [1.54, 1.807) is 0 Å². The molecule has 6 nitrogen and oxygen atoms in total. The van der Waals surface area contributed by atoms with Crippen LogP contribution in [0.4, 0.5) is 4.79 Å². The summed E-state index contributed by atoms with van der Waals surface area (Å²) in [7, 11) is 0. The molecule has 0 aliphatic heterocycles. The normalized spacial score (nSPS) is 15.9. The highest BCUT2D eigenvalue weighted by Crippen LogP contribution is 2.24. The smallest absolute Gasteiger partial charge is 0.318 e. The van der Waals surface area contributed by atoms with E-state index in [0.29, 0.717) is 12.6 Å². The number of carbonyl (C=O) groups excluding carboxylic acids is 2. The first kappa shape index (κ1) is 12.9. The maximum absolute atomic E-state index is 11.4. The Bertz CT molecular complexity index is 253. The fraction of sp³-hybridized carbons (Fsp3) is 0.800. The standard InChI is InChI=1S/C10H20N4O2/c11-5-2-6-14(8-3-1-4-8)7-9(15)13-10(12)16/h8H,1-7,11H2,(H3,12,13,15,16). The van der Waals surface area contributed by atoms with Crippen LogP contribution in [0, 0.1) is 0 Å². The summed E-state index contributed by atoms with van der Waals surface area (Å²) in [5.74, 6) is -0.337. The van der Waals surface area contributed by atoms with Gasteiger partial charge in [-0.3, -0.25) is 15.0 Å². The lowest BCUT2D eigenvalue weighted by Crippen LogP contribution is -2.48. The van der Waals surface area contributed by atoms with Crippen molar-refractivity contribution in [2.24, 2.45) is 11.5 Å². The molecule has 5 N–H and O–H groups in total. The molecule has 0 heterocycles. The lowest BCUT2D eigenvalue weighted by atomic mass is 9.91. The fourth-order valence-electron chi connectivity index (χ4n) is 1.80. The maximum Gasteiger partial charge on any atom is 0.318 e. The Morgan fingerprint density at radius 1 is 1.38 bits per heavy atom. The van der Waals surface area contributed by atoms with E-state index in [9.17, 15) is 9.59 Å². The third-order valence-corrected chi connectivity index (χ3v) is 2.85. The van der Waals surface area contributed by atoms with E-state index < -0.39 is 6.03 Å². The molecule has 16 heavy (non-hydrogen) atoms. The Hall–Kier alpha value is -1.14.